The van der Waals surface area contributed by atoms with Crippen LogP contribution in [-0.2, 0) is 9.53 Å². The minimum absolute atomic E-state index is 0.229. The van der Waals surface area contributed by atoms with E-state index in [9.17, 15) is 9.59 Å². The third kappa shape index (κ3) is 5.42. The number of carbonyl (C=O) groups excluding carboxylic acids is 1. The van der Waals surface area contributed by atoms with Crippen molar-refractivity contribution >= 4 is 35.1 Å². The second kappa shape index (κ2) is 11.7. The number of nitrogens with zero attached hydrogens (tertiary/aromatic N) is 2. The average molecular weight is 537 g/mol. The fourth-order valence-corrected chi connectivity index (χ4v) is 5.54. The van der Waals surface area contributed by atoms with Crippen molar-refractivity contribution in [3.63, 3.8) is 0 Å². The molecule has 192 valence electrons. The molecular weight excluding hydrogens is 508 g/mol. The van der Waals surface area contributed by atoms with Gasteiger partial charge in [0, 0.05) is 4.90 Å². The molecule has 0 radical (unpaired) electrons. The molecule has 0 saturated carbocycles. The first kappa shape index (κ1) is 26.5. The number of aromatic nitrogens is 1. The van der Waals surface area contributed by atoms with E-state index in [1.165, 1.54) is 11.3 Å². The van der Waals surface area contributed by atoms with Gasteiger partial charge in [-0.2, -0.15) is 0 Å². The Balaban J connectivity index is 1.87. The number of rotatable bonds is 9. The molecule has 4 rings (SSSR count). The lowest BCUT2D eigenvalue weighted by molar-refractivity contribution is -0.139. The van der Waals surface area contributed by atoms with Crippen molar-refractivity contribution in [3.8, 4) is 11.5 Å². The van der Waals surface area contributed by atoms with Crippen molar-refractivity contribution in [2.24, 2.45) is 4.99 Å². The summed E-state index contributed by atoms with van der Waals surface area (Å²) in [7, 11) is 1.57. The lowest BCUT2D eigenvalue weighted by Crippen LogP contribution is -2.39. The van der Waals surface area contributed by atoms with Gasteiger partial charge in [-0.05, 0) is 61.6 Å². The van der Waals surface area contributed by atoms with Gasteiger partial charge < -0.3 is 14.2 Å². The van der Waals surface area contributed by atoms with Crippen LogP contribution >= 0.6 is 23.1 Å². The van der Waals surface area contributed by atoms with Gasteiger partial charge in [-0.1, -0.05) is 42.2 Å². The van der Waals surface area contributed by atoms with E-state index >= 15 is 0 Å². The number of hydrogen-bond acceptors (Lipinski definition) is 8. The number of hydrogen-bond donors (Lipinski definition) is 0. The van der Waals surface area contributed by atoms with Crippen LogP contribution < -0.4 is 24.4 Å². The molecule has 9 heteroatoms. The Kier molecular flexibility index (Phi) is 8.35. The lowest BCUT2D eigenvalue weighted by atomic mass is 9.96. The summed E-state index contributed by atoms with van der Waals surface area (Å²) in [4.78, 5) is 33.0. The van der Waals surface area contributed by atoms with Crippen LogP contribution in [0.5, 0.6) is 11.5 Å². The van der Waals surface area contributed by atoms with Gasteiger partial charge in [0.2, 0.25) is 0 Å². The van der Waals surface area contributed by atoms with Crippen LogP contribution in [0.3, 0.4) is 0 Å². The molecular formula is C28H28N2O5S2. The average Bonchev–Trinajstić information content (AvgIpc) is 3.21. The molecule has 37 heavy (non-hydrogen) atoms. The molecule has 0 bridgehead atoms. The number of methoxy groups -OCH3 is 1. The van der Waals surface area contributed by atoms with Gasteiger partial charge >= 0.3 is 5.97 Å². The number of thiazole rings is 1. The molecule has 0 N–H and O–H groups in total. The van der Waals surface area contributed by atoms with Gasteiger partial charge in [0.1, 0.15) is 6.61 Å². The van der Waals surface area contributed by atoms with Crippen LogP contribution in [-0.4, -0.2) is 37.1 Å². The Morgan fingerprint density at radius 2 is 1.97 bits per heavy atom. The van der Waals surface area contributed by atoms with Crippen molar-refractivity contribution < 1.29 is 19.0 Å². The summed E-state index contributed by atoms with van der Waals surface area (Å²) in [6.45, 7) is 7.78. The van der Waals surface area contributed by atoms with Crippen LogP contribution in [0.4, 0.5) is 0 Å². The topological polar surface area (TPSA) is 79.1 Å². The third-order valence-corrected chi connectivity index (χ3v) is 7.52. The van der Waals surface area contributed by atoms with E-state index in [0.29, 0.717) is 38.7 Å². The standard InChI is InChI=1S/C28H28N2O5S2/c1-6-14-35-21-13-8-18(15-22(21)33-4)16-23-26(31)30-25(19-9-11-20(36-5)12-10-19)24(27(32)34-7-2)17(3)29-28(30)37-23/h6,8-13,15-16,25H,1,7,14H2,2-5H3/b23-16-/t25-/m1/s1. The molecule has 2 heterocycles. The van der Waals surface area contributed by atoms with Crippen LogP contribution in [0.25, 0.3) is 6.08 Å². The van der Waals surface area contributed by atoms with Crippen molar-refractivity contribution in [2.75, 3.05) is 26.6 Å². The minimum atomic E-state index is -0.641. The molecule has 1 aromatic heterocycles. The summed E-state index contributed by atoms with van der Waals surface area (Å²) in [5.74, 6) is 0.664. The highest BCUT2D eigenvalue weighted by molar-refractivity contribution is 7.98. The summed E-state index contributed by atoms with van der Waals surface area (Å²) in [6, 6.07) is 12.7. The first-order chi connectivity index (χ1) is 17.9. The molecule has 1 atom stereocenters. The van der Waals surface area contributed by atoms with E-state index in [4.69, 9.17) is 14.2 Å². The van der Waals surface area contributed by atoms with Crippen molar-refractivity contribution in [2.45, 2.75) is 24.8 Å². The molecule has 0 amide bonds. The first-order valence-electron chi connectivity index (χ1n) is 11.7. The number of fused-ring (bicyclic) bond motifs is 1. The summed E-state index contributed by atoms with van der Waals surface area (Å²) in [6.07, 6.45) is 5.45. The first-order valence-corrected chi connectivity index (χ1v) is 13.7. The van der Waals surface area contributed by atoms with Crippen LogP contribution in [0.2, 0.25) is 0 Å². The number of esters is 1. The molecule has 3 aromatic rings. The zero-order chi connectivity index (χ0) is 26.5. The molecule has 0 fully saturated rings. The van der Waals surface area contributed by atoms with E-state index in [1.807, 2.05) is 42.7 Å². The summed E-state index contributed by atoms with van der Waals surface area (Å²) >= 11 is 2.90. The predicted octanol–water partition coefficient (Wildman–Crippen LogP) is 4.09. The molecule has 7 nitrogen and oxygen atoms in total. The van der Waals surface area contributed by atoms with Crippen molar-refractivity contribution in [3.05, 3.63) is 97.2 Å². The van der Waals surface area contributed by atoms with Crippen LogP contribution in [0.1, 0.15) is 31.0 Å². The highest BCUT2D eigenvalue weighted by atomic mass is 32.2. The maximum Gasteiger partial charge on any atom is 0.338 e. The zero-order valence-electron chi connectivity index (χ0n) is 21.1. The lowest BCUT2D eigenvalue weighted by Gasteiger charge is -2.24. The second-order valence-corrected chi connectivity index (χ2v) is 9.97. The fourth-order valence-electron chi connectivity index (χ4n) is 4.09. The molecule has 1 aliphatic rings. The van der Waals surface area contributed by atoms with E-state index < -0.39 is 12.0 Å². The maximum absolute atomic E-state index is 13.8. The van der Waals surface area contributed by atoms with Crippen molar-refractivity contribution in [1.82, 2.24) is 4.57 Å². The predicted molar refractivity (Wildman–Crippen MR) is 147 cm³/mol. The number of allylic oxidation sites excluding steroid dienone is 1. The SMILES string of the molecule is C=CCOc1ccc(/C=c2\sc3n(c2=O)[C@H](c2ccc(SC)cc2)C(C(=O)OCC)=C(C)N=3)cc1OC. The minimum Gasteiger partial charge on any atom is -0.493 e. The van der Waals surface area contributed by atoms with Crippen molar-refractivity contribution in [1.29, 1.82) is 0 Å². The quantitative estimate of drug-likeness (QED) is 0.233. The molecule has 1 aliphatic heterocycles. The van der Waals surface area contributed by atoms with Gasteiger partial charge in [-0.25, -0.2) is 9.79 Å². The third-order valence-electron chi connectivity index (χ3n) is 5.79. The Hall–Kier alpha value is -3.56. The fraction of sp³-hybridized carbons (Fsp3) is 0.250. The van der Waals surface area contributed by atoms with E-state index in [0.717, 1.165) is 16.0 Å². The highest BCUT2D eigenvalue weighted by Gasteiger charge is 2.33. The van der Waals surface area contributed by atoms with E-state index in [1.54, 1.807) is 55.5 Å². The number of benzene rings is 2. The Morgan fingerprint density at radius 3 is 2.62 bits per heavy atom. The number of ether oxygens (including phenoxy) is 3. The Bertz CT molecular complexity index is 1530. The summed E-state index contributed by atoms with van der Waals surface area (Å²) < 4.78 is 18.5. The second-order valence-electron chi connectivity index (χ2n) is 8.09. The molecule has 2 aromatic carbocycles. The van der Waals surface area contributed by atoms with Gasteiger partial charge in [0.05, 0.1) is 35.6 Å². The van der Waals surface area contributed by atoms with Gasteiger partial charge in [-0.15, -0.1) is 11.8 Å². The molecule has 0 spiro atoms. The molecule has 0 saturated heterocycles. The monoisotopic (exact) mass is 536 g/mol. The van der Waals surface area contributed by atoms with Gasteiger partial charge in [0.15, 0.2) is 16.3 Å². The summed E-state index contributed by atoms with van der Waals surface area (Å²) in [5, 5.41) is 0. The van der Waals surface area contributed by atoms with E-state index in [2.05, 4.69) is 11.6 Å². The van der Waals surface area contributed by atoms with Crippen LogP contribution in [0, 0.1) is 0 Å². The summed E-state index contributed by atoms with van der Waals surface area (Å²) in [5.41, 5.74) is 2.25. The number of thioether (sulfide) groups is 1. The van der Waals surface area contributed by atoms with Gasteiger partial charge in [0.25, 0.3) is 5.56 Å². The van der Waals surface area contributed by atoms with Crippen LogP contribution in [0.15, 0.2) is 81.1 Å². The Morgan fingerprint density at radius 1 is 1.22 bits per heavy atom. The maximum atomic E-state index is 13.8. The van der Waals surface area contributed by atoms with Gasteiger partial charge in [-0.3, -0.25) is 9.36 Å². The van der Waals surface area contributed by atoms with E-state index in [-0.39, 0.29) is 12.2 Å². The Labute approximate surface area is 223 Å². The smallest absolute Gasteiger partial charge is 0.338 e. The largest absolute Gasteiger partial charge is 0.493 e. The highest BCUT2D eigenvalue weighted by Crippen LogP contribution is 2.32. The zero-order valence-corrected chi connectivity index (χ0v) is 22.8. The molecule has 0 unspecified atom stereocenters. The normalized spacial score (nSPS) is 15.1. The molecule has 0 aliphatic carbocycles. The number of carbonyl (C=O) groups is 1.